The average Bonchev–Trinajstić information content (AvgIpc) is 3.31. The summed E-state index contributed by atoms with van der Waals surface area (Å²) in [5, 5.41) is 5.12. The fourth-order valence-electron chi connectivity index (χ4n) is 5.30. The van der Waals surface area contributed by atoms with Gasteiger partial charge in [-0.25, -0.2) is 0 Å². The molecule has 0 unspecified atom stereocenters. The van der Waals surface area contributed by atoms with E-state index in [-0.39, 0.29) is 23.9 Å². The van der Waals surface area contributed by atoms with Crippen LogP contribution in [0.25, 0.3) is 21.9 Å². The number of nitrogens with one attached hydrogen (secondary N) is 1. The molecule has 8 heteroatoms. The molecule has 0 spiro atoms. The SMILES string of the molecule is CC(=O)N1CC2=C(C1=O)[C@@H](c1coc3ccc(Cl)cc3c1=O)c1cn(C(C)C)c3cccc(c13)N2. The molecule has 7 nitrogen and oxygen atoms in total. The highest BCUT2D eigenvalue weighted by atomic mass is 35.5. The Morgan fingerprint density at radius 1 is 1.17 bits per heavy atom. The monoisotopic (exact) mass is 487 g/mol. The molecule has 0 radical (unpaired) electrons. The van der Waals surface area contributed by atoms with Gasteiger partial charge < -0.3 is 14.3 Å². The van der Waals surface area contributed by atoms with E-state index in [4.69, 9.17) is 16.0 Å². The Labute approximate surface area is 205 Å². The summed E-state index contributed by atoms with van der Waals surface area (Å²) in [6.07, 6.45) is 3.44. The van der Waals surface area contributed by atoms with Gasteiger partial charge >= 0.3 is 0 Å². The minimum absolute atomic E-state index is 0.121. The van der Waals surface area contributed by atoms with Crippen LogP contribution in [0.15, 0.2) is 69.3 Å². The number of aromatic nitrogens is 1. The van der Waals surface area contributed by atoms with Crippen molar-refractivity contribution in [3.63, 3.8) is 0 Å². The van der Waals surface area contributed by atoms with Gasteiger partial charge in [-0.15, -0.1) is 0 Å². The zero-order chi connectivity index (χ0) is 24.6. The predicted octanol–water partition coefficient (Wildman–Crippen LogP) is 5.18. The normalized spacial score (nSPS) is 17.3. The molecule has 4 heterocycles. The average molecular weight is 488 g/mol. The molecule has 2 amide bonds. The van der Waals surface area contributed by atoms with Crippen molar-refractivity contribution in [2.24, 2.45) is 0 Å². The number of amides is 2. The Kier molecular flexibility index (Phi) is 4.70. The van der Waals surface area contributed by atoms with Crippen LogP contribution in [0.4, 0.5) is 5.69 Å². The highest BCUT2D eigenvalue weighted by molar-refractivity contribution is 6.31. The lowest BCUT2D eigenvalue weighted by atomic mass is 9.84. The van der Waals surface area contributed by atoms with Crippen molar-refractivity contribution in [2.45, 2.75) is 32.7 Å². The summed E-state index contributed by atoms with van der Waals surface area (Å²) in [5.41, 5.74) is 4.12. The highest BCUT2D eigenvalue weighted by Gasteiger charge is 2.42. The number of nitrogens with zero attached hydrogens (tertiary/aromatic N) is 2. The van der Waals surface area contributed by atoms with Crippen molar-refractivity contribution >= 4 is 51.0 Å². The van der Waals surface area contributed by atoms with Crippen LogP contribution >= 0.6 is 11.6 Å². The van der Waals surface area contributed by atoms with Crippen molar-refractivity contribution in [2.75, 3.05) is 11.9 Å². The molecule has 176 valence electrons. The molecule has 0 saturated heterocycles. The van der Waals surface area contributed by atoms with Gasteiger partial charge in [0.1, 0.15) is 5.58 Å². The topological polar surface area (TPSA) is 84.6 Å². The summed E-state index contributed by atoms with van der Waals surface area (Å²) in [4.78, 5) is 40.9. The number of rotatable bonds is 2. The number of hydrogen-bond acceptors (Lipinski definition) is 5. The number of carbonyl (C=O) groups is 2. The van der Waals surface area contributed by atoms with Crippen LogP contribution in [0.3, 0.4) is 0 Å². The van der Waals surface area contributed by atoms with Gasteiger partial charge in [0.15, 0.2) is 5.43 Å². The van der Waals surface area contributed by atoms with Crippen molar-refractivity contribution in [1.29, 1.82) is 0 Å². The van der Waals surface area contributed by atoms with E-state index in [0.29, 0.717) is 32.8 Å². The molecule has 1 atom stereocenters. The first kappa shape index (κ1) is 21.7. The Morgan fingerprint density at radius 2 is 1.97 bits per heavy atom. The quantitative estimate of drug-likeness (QED) is 0.421. The maximum absolute atomic E-state index is 13.8. The van der Waals surface area contributed by atoms with Gasteiger partial charge in [0, 0.05) is 46.5 Å². The van der Waals surface area contributed by atoms with Crippen molar-refractivity contribution in [3.05, 3.63) is 86.5 Å². The fraction of sp³-hybridized carbons (Fsp3) is 0.222. The van der Waals surface area contributed by atoms with Crippen LogP contribution in [0.2, 0.25) is 5.02 Å². The second-order valence-electron chi connectivity index (χ2n) is 9.31. The zero-order valence-corrected chi connectivity index (χ0v) is 20.1. The first-order chi connectivity index (χ1) is 16.8. The molecule has 2 aromatic heterocycles. The Morgan fingerprint density at radius 3 is 2.71 bits per heavy atom. The minimum Gasteiger partial charge on any atom is -0.464 e. The standard InChI is InChI=1S/C27H22ClN3O4/c1-13(2)30-10-17-23(18-12-35-22-8-7-15(28)9-16(22)26(18)33)25-20(11-31(14(3)32)27(25)34)29-19-5-4-6-21(30)24(17)19/h4-10,12-13,23,29H,11H2,1-3H3/t23-/m1/s1. The van der Waals surface area contributed by atoms with Crippen molar-refractivity contribution < 1.29 is 14.0 Å². The van der Waals surface area contributed by atoms with E-state index in [1.54, 1.807) is 18.2 Å². The number of halogens is 1. The molecule has 35 heavy (non-hydrogen) atoms. The molecule has 2 aliphatic heterocycles. The summed E-state index contributed by atoms with van der Waals surface area (Å²) >= 11 is 6.19. The van der Waals surface area contributed by atoms with Crippen LogP contribution in [0.1, 0.15) is 43.9 Å². The number of carbonyl (C=O) groups excluding carboxylic acids is 2. The molecular formula is C27H22ClN3O4. The zero-order valence-electron chi connectivity index (χ0n) is 19.4. The largest absolute Gasteiger partial charge is 0.464 e. The molecule has 0 bridgehead atoms. The van der Waals surface area contributed by atoms with E-state index in [0.717, 1.165) is 22.2 Å². The first-order valence-electron chi connectivity index (χ1n) is 11.4. The third-order valence-electron chi connectivity index (χ3n) is 6.90. The lowest BCUT2D eigenvalue weighted by molar-refractivity contribution is -0.139. The Balaban J connectivity index is 1.71. The number of fused-ring (bicyclic) bond motifs is 1. The number of anilines is 1. The van der Waals surface area contributed by atoms with Gasteiger partial charge in [-0.3, -0.25) is 19.3 Å². The maximum atomic E-state index is 13.8. The third kappa shape index (κ3) is 3.08. The third-order valence-corrected chi connectivity index (χ3v) is 7.13. The highest BCUT2D eigenvalue weighted by Crippen LogP contribution is 2.46. The summed E-state index contributed by atoms with van der Waals surface area (Å²) in [6.45, 7) is 5.65. The van der Waals surface area contributed by atoms with E-state index < -0.39 is 11.8 Å². The molecule has 0 aliphatic carbocycles. The number of benzene rings is 2. The summed E-state index contributed by atoms with van der Waals surface area (Å²) in [5.74, 6) is -1.48. The van der Waals surface area contributed by atoms with Crippen molar-refractivity contribution in [1.82, 2.24) is 9.47 Å². The lowest BCUT2D eigenvalue weighted by Gasteiger charge is -2.19. The molecular weight excluding hydrogens is 466 g/mol. The van der Waals surface area contributed by atoms with Gasteiger partial charge in [-0.2, -0.15) is 0 Å². The van der Waals surface area contributed by atoms with E-state index in [9.17, 15) is 14.4 Å². The Bertz CT molecular complexity index is 1680. The summed E-state index contributed by atoms with van der Waals surface area (Å²) in [6, 6.07) is 11.0. The van der Waals surface area contributed by atoms with E-state index in [2.05, 4.69) is 23.7 Å². The smallest absolute Gasteiger partial charge is 0.259 e. The van der Waals surface area contributed by atoms with Gasteiger partial charge in [-0.05, 0) is 49.7 Å². The minimum atomic E-state index is -0.722. The van der Waals surface area contributed by atoms with Gasteiger partial charge in [0.25, 0.3) is 5.91 Å². The van der Waals surface area contributed by atoms with Crippen molar-refractivity contribution in [3.8, 4) is 0 Å². The molecule has 1 N–H and O–H groups in total. The van der Waals surface area contributed by atoms with Gasteiger partial charge in [-0.1, -0.05) is 17.7 Å². The molecule has 0 fully saturated rings. The van der Waals surface area contributed by atoms with Crippen LogP contribution in [-0.4, -0.2) is 27.8 Å². The van der Waals surface area contributed by atoms with Crippen LogP contribution in [0.5, 0.6) is 0 Å². The first-order valence-corrected chi connectivity index (χ1v) is 11.8. The summed E-state index contributed by atoms with van der Waals surface area (Å²) in [7, 11) is 0. The second kappa shape index (κ2) is 7.58. The lowest BCUT2D eigenvalue weighted by Crippen LogP contribution is -2.33. The maximum Gasteiger partial charge on any atom is 0.259 e. The van der Waals surface area contributed by atoms with Crippen LogP contribution in [0, 0.1) is 0 Å². The second-order valence-corrected chi connectivity index (χ2v) is 9.74. The fourth-order valence-corrected chi connectivity index (χ4v) is 5.47. The van der Waals surface area contributed by atoms with Crippen LogP contribution in [-0.2, 0) is 9.59 Å². The van der Waals surface area contributed by atoms with Gasteiger partial charge in [0.2, 0.25) is 5.91 Å². The van der Waals surface area contributed by atoms with E-state index in [1.165, 1.54) is 18.1 Å². The molecule has 0 saturated carbocycles. The van der Waals surface area contributed by atoms with Gasteiger partial charge in [0.05, 0.1) is 35.2 Å². The molecule has 6 rings (SSSR count). The Hall–Kier alpha value is -3.84. The molecule has 2 aromatic carbocycles. The summed E-state index contributed by atoms with van der Waals surface area (Å²) < 4.78 is 8.00. The molecule has 4 aromatic rings. The van der Waals surface area contributed by atoms with E-state index >= 15 is 0 Å². The molecule has 2 aliphatic rings. The number of hydrogen-bond donors (Lipinski definition) is 1. The predicted molar refractivity (Wildman–Crippen MR) is 135 cm³/mol. The van der Waals surface area contributed by atoms with Crippen LogP contribution < -0.4 is 10.7 Å². The van der Waals surface area contributed by atoms with E-state index in [1.807, 2.05) is 24.4 Å². The number of imide groups is 1.